The average molecular weight is 577 g/mol. The number of allylic oxidation sites excluding steroid dienone is 4. The van der Waals surface area contributed by atoms with Crippen LogP contribution in [0.5, 0.6) is 11.5 Å². The van der Waals surface area contributed by atoms with E-state index in [0.29, 0.717) is 36.3 Å². The number of para-hydroxylation sites is 1. The molecule has 0 aromatic heterocycles. The zero-order chi connectivity index (χ0) is 29.2. The van der Waals surface area contributed by atoms with Crippen molar-refractivity contribution < 1.29 is 33.4 Å². The lowest BCUT2D eigenvalue weighted by molar-refractivity contribution is -0.214. The van der Waals surface area contributed by atoms with Crippen LogP contribution in [0.1, 0.15) is 56.3 Å². The number of ketones is 1. The Balaban J connectivity index is 1.29. The highest BCUT2D eigenvalue weighted by atomic mass is 32.1. The molecular formula is C33H33FO6S. The molecule has 7 atom stereocenters. The third-order valence-corrected chi connectivity index (χ3v) is 10.8. The maximum absolute atomic E-state index is 17.4. The van der Waals surface area contributed by atoms with Crippen molar-refractivity contribution in [2.24, 2.45) is 22.7 Å². The number of fused-ring (bicyclic) bond motifs is 5. The van der Waals surface area contributed by atoms with Gasteiger partial charge in [0.25, 0.3) is 0 Å². The van der Waals surface area contributed by atoms with Gasteiger partial charge in [-0.05, 0) is 93.5 Å². The summed E-state index contributed by atoms with van der Waals surface area (Å²) in [5.74, 6) is -0.622. The highest BCUT2D eigenvalue weighted by Crippen LogP contribution is 2.70. The molecule has 0 aliphatic heterocycles. The topological polar surface area (TPSA) is 89.9 Å². The number of aliphatic hydroxyl groups excluding tert-OH is 1. The van der Waals surface area contributed by atoms with Gasteiger partial charge in [-0.15, -0.1) is 12.6 Å². The summed E-state index contributed by atoms with van der Waals surface area (Å²) in [5, 5.41) is 10.9. The highest BCUT2D eigenvalue weighted by Gasteiger charge is 2.75. The summed E-state index contributed by atoms with van der Waals surface area (Å²) >= 11 is 4.21. The lowest BCUT2D eigenvalue weighted by Gasteiger charge is -2.62. The molecule has 41 heavy (non-hydrogen) atoms. The summed E-state index contributed by atoms with van der Waals surface area (Å²) < 4.78 is 29.2. The van der Waals surface area contributed by atoms with E-state index < -0.39 is 45.2 Å². The number of alkyl halides is 1. The second-order valence-corrected chi connectivity index (χ2v) is 12.7. The summed E-state index contributed by atoms with van der Waals surface area (Å²) in [4.78, 5) is 38.8. The maximum atomic E-state index is 17.4. The Morgan fingerprint density at radius 1 is 1.00 bits per heavy atom. The highest BCUT2D eigenvalue weighted by molar-refractivity contribution is 7.96. The van der Waals surface area contributed by atoms with E-state index in [1.54, 1.807) is 37.3 Å². The smallest absolute Gasteiger partial charge is 0.339 e. The molecule has 4 aliphatic carbocycles. The van der Waals surface area contributed by atoms with Gasteiger partial charge < -0.3 is 14.6 Å². The molecule has 4 aliphatic rings. The molecule has 2 aromatic rings. The van der Waals surface area contributed by atoms with Gasteiger partial charge in [0, 0.05) is 16.7 Å². The molecule has 3 saturated carbocycles. The van der Waals surface area contributed by atoms with Crippen LogP contribution in [0.15, 0.2) is 78.4 Å². The number of hydrogen-bond donors (Lipinski definition) is 2. The summed E-state index contributed by atoms with van der Waals surface area (Å²) in [6.45, 7) is 3.57. The van der Waals surface area contributed by atoms with Crippen molar-refractivity contribution in [2.45, 2.75) is 63.3 Å². The van der Waals surface area contributed by atoms with Crippen molar-refractivity contribution in [3.8, 4) is 11.5 Å². The van der Waals surface area contributed by atoms with Crippen molar-refractivity contribution in [1.82, 2.24) is 0 Å². The van der Waals surface area contributed by atoms with Crippen LogP contribution in [0.4, 0.5) is 4.39 Å². The largest absolute Gasteiger partial charge is 0.457 e. The summed E-state index contributed by atoms with van der Waals surface area (Å²) in [6.07, 6.45) is 4.50. The molecule has 6 rings (SSSR count). The number of halogens is 1. The van der Waals surface area contributed by atoms with Crippen molar-refractivity contribution in [2.75, 3.05) is 0 Å². The second kappa shape index (κ2) is 9.66. The number of aliphatic hydroxyl groups is 1. The van der Waals surface area contributed by atoms with Crippen molar-refractivity contribution in [1.29, 1.82) is 0 Å². The second-order valence-electron chi connectivity index (χ2n) is 12.3. The quantitative estimate of drug-likeness (QED) is 0.325. The Morgan fingerprint density at radius 2 is 1.68 bits per heavy atom. The minimum absolute atomic E-state index is 0.0846. The molecule has 6 nitrogen and oxygen atoms in total. The van der Waals surface area contributed by atoms with Crippen molar-refractivity contribution >= 4 is 29.5 Å². The SMILES string of the molecule is CC12C=CC(=O)C=C1CCC1C3CCC(OC(=O)c4ccc(Oc5ccccc5)cc4)(C(=O)S)C3(C)CC(O)C12F. The average Bonchev–Trinajstić information content (AvgIpc) is 3.23. The van der Waals surface area contributed by atoms with Crippen LogP contribution < -0.4 is 4.74 Å². The van der Waals surface area contributed by atoms with Crippen LogP contribution in [-0.4, -0.2) is 39.3 Å². The normalized spacial score (nSPS) is 37.3. The van der Waals surface area contributed by atoms with E-state index in [4.69, 9.17) is 9.47 Å². The number of esters is 1. The molecule has 0 spiro atoms. The molecule has 7 unspecified atom stereocenters. The zero-order valence-corrected chi connectivity index (χ0v) is 23.9. The molecule has 0 bridgehead atoms. The molecular weight excluding hydrogens is 543 g/mol. The van der Waals surface area contributed by atoms with Gasteiger partial charge in [-0.25, -0.2) is 9.18 Å². The van der Waals surface area contributed by atoms with Crippen molar-refractivity contribution in [3.63, 3.8) is 0 Å². The standard InChI is InChI=1S/C33H33FO6S/c1-30-16-14-22(35)18-21(30)10-13-26-25-15-17-32(29(38)41,31(25,2)19-27(36)33(26,30)34)40-28(37)20-8-11-24(12-9-20)39-23-6-4-3-5-7-23/h3-9,11-12,14,16,18,25-27,36H,10,13,15,17,19H2,1-2H3,(H,38,41). The molecule has 2 aromatic carbocycles. The molecule has 0 radical (unpaired) electrons. The zero-order valence-electron chi connectivity index (χ0n) is 23.0. The van der Waals surface area contributed by atoms with Gasteiger partial charge >= 0.3 is 5.97 Å². The molecule has 8 heteroatoms. The number of ether oxygens (including phenoxy) is 2. The summed E-state index contributed by atoms with van der Waals surface area (Å²) in [5.41, 5.74) is -4.92. The van der Waals surface area contributed by atoms with Gasteiger partial charge in [0.2, 0.25) is 5.12 Å². The maximum Gasteiger partial charge on any atom is 0.339 e. The number of carbonyl (C=O) groups is 3. The van der Waals surface area contributed by atoms with Crippen LogP contribution in [-0.2, 0) is 14.3 Å². The van der Waals surface area contributed by atoms with E-state index in [0.717, 1.165) is 0 Å². The first-order valence-electron chi connectivity index (χ1n) is 14.1. The number of benzene rings is 2. The number of thiol groups is 1. The van der Waals surface area contributed by atoms with E-state index in [9.17, 15) is 19.5 Å². The van der Waals surface area contributed by atoms with Gasteiger partial charge in [0.05, 0.1) is 11.7 Å². The molecule has 214 valence electrons. The predicted octanol–water partition coefficient (Wildman–Crippen LogP) is 6.20. The molecule has 3 fully saturated rings. The van der Waals surface area contributed by atoms with E-state index in [1.165, 1.54) is 12.2 Å². The Bertz CT molecular complexity index is 1470. The fourth-order valence-electron chi connectivity index (χ4n) is 8.26. The molecule has 0 saturated heterocycles. The van der Waals surface area contributed by atoms with Crippen molar-refractivity contribution in [3.05, 3.63) is 84.0 Å². The monoisotopic (exact) mass is 576 g/mol. The molecule has 1 N–H and O–H groups in total. The Kier molecular flexibility index (Phi) is 6.58. The van der Waals surface area contributed by atoms with Gasteiger partial charge in [-0.1, -0.05) is 36.8 Å². The minimum atomic E-state index is -2.03. The third kappa shape index (κ3) is 3.97. The predicted molar refractivity (Wildman–Crippen MR) is 153 cm³/mol. The minimum Gasteiger partial charge on any atom is -0.457 e. The summed E-state index contributed by atoms with van der Waals surface area (Å²) in [6, 6.07) is 15.7. The van der Waals surface area contributed by atoms with Crippen LogP contribution in [0.2, 0.25) is 0 Å². The first kappa shape index (κ1) is 27.9. The number of rotatable bonds is 5. The molecule has 0 amide bonds. The van der Waals surface area contributed by atoms with E-state index in [1.807, 2.05) is 37.3 Å². The van der Waals surface area contributed by atoms with Gasteiger partial charge in [0.1, 0.15) is 11.5 Å². The Morgan fingerprint density at radius 3 is 2.37 bits per heavy atom. The molecule has 0 heterocycles. The van der Waals surface area contributed by atoms with Crippen LogP contribution in [0, 0.1) is 22.7 Å². The summed E-state index contributed by atoms with van der Waals surface area (Å²) in [7, 11) is 0. The third-order valence-electron chi connectivity index (χ3n) is 10.4. The number of hydrogen-bond acceptors (Lipinski definition) is 6. The first-order chi connectivity index (χ1) is 19.4. The fraction of sp³-hybridized carbons (Fsp3) is 0.424. The number of carbonyl (C=O) groups excluding carboxylic acids is 3. The van der Waals surface area contributed by atoms with Crippen LogP contribution in [0.3, 0.4) is 0 Å². The van der Waals surface area contributed by atoms with E-state index in [2.05, 4.69) is 12.6 Å². The van der Waals surface area contributed by atoms with Crippen LogP contribution in [0.25, 0.3) is 0 Å². The lowest BCUT2D eigenvalue weighted by atomic mass is 9.45. The Labute approximate surface area is 244 Å². The first-order valence-corrected chi connectivity index (χ1v) is 14.5. The van der Waals surface area contributed by atoms with Gasteiger partial charge in [-0.3, -0.25) is 9.59 Å². The van der Waals surface area contributed by atoms with E-state index in [-0.39, 0.29) is 30.1 Å². The van der Waals surface area contributed by atoms with Crippen LogP contribution >= 0.6 is 12.6 Å². The lowest BCUT2D eigenvalue weighted by Crippen LogP contribution is -2.69. The van der Waals surface area contributed by atoms with Gasteiger partial charge in [0.15, 0.2) is 17.1 Å². The fourth-order valence-corrected chi connectivity index (χ4v) is 8.67. The van der Waals surface area contributed by atoms with Gasteiger partial charge in [-0.2, -0.15) is 0 Å². The van der Waals surface area contributed by atoms with E-state index >= 15 is 4.39 Å². The Hall–Kier alpha value is -3.23.